The maximum atomic E-state index is 11.6. The Balaban J connectivity index is 1.70. The number of aromatic nitrogens is 2. The summed E-state index contributed by atoms with van der Waals surface area (Å²) in [6.45, 7) is 4.78. The molecule has 0 aromatic carbocycles. The molecule has 1 saturated heterocycles. The van der Waals surface area contributed by atoms with Crippen LogP contribution in [0.2, 0.25) is 0 Å². The molecule has 3 rings (SSSR count). The predicted molar refractivity (Wildman–Crippen MR) is 85.0 cm³/mol. The second-order valence-electron chi connectivity index (χ2n) is 5.48. The number of ether oxygens (including phenoxy) is 1. The van der Waals surface area contributed by atoms with Gasteiger partial charge < -0.3 is 20.4 Å². The summed E-state index contributed by atoms with van der Waals surface area (Å²) in [5.74, 6) is 0.0319. The van der Waals surface area contributed by atoms with Crippen molar-refractivity contribution in [1.82, 2.24) is 14.9 Å². The third-order valence-electron chi connectivity index (χ3n) is 4.00. The van der Waals surface area contributed by atoms with Gasteiger partial charge in [0, 0.05) is 37.5 Å². The van der Waals surface area contributed by atoms with E-state index in [-0.39, 0.29) is 12.0 Å². The molecular weight excluding hydrogens is 296 g/mol. The Morgan fingerprint density at radius 3 is 2.83 bits per heavy atom. The molecule has 1 aliphatic rings. The minimum atomic E-state index is -0.508. The van der Waals surface area contributed by atoms with Crippen LogP contribution in [0, 0.1) is 0 Å². The SMILES string of the molecule is C=CC(=O)N1CCC(Oc2cnc3[nH]cc(C(N)=O)c3c2)CC1. The number of hydrogen-bond acceptors (Lipinski definition) is 4. The normalized spacial score (nSPS) is 15.6. The van der Waals surface area contributed by atoms with Crippen molar-refractivity contribution in [3.05, 3.63) is 36.7 Å². The lowest BCUT2D eigenvalue weighted by Gasteiger charge is -2.31. The summed E-state index contributed by atoms with van der Waals surface area (Å²) in [4.78, 5) is 31.9. The molecule has 3 heterocycles. The Kier molecular flexibility index (Phi) is 4.01. The molecule has 0 atom stereocenters. The molecule has 2 amide bonds. The number of nitrogens with zero attached hydrogens (tertiary/aromatic N) is 2. The first-order valence-corrected chi connectivity index (χ1v) is 7.43. The van der Waals surface area contributed by atoms with Crippen molar-refractivity contribution >= 4 is 22.8 Å². The van der Waals surface area contributed by atoms with E-state index in [2.05, 4.69) is 16.5 Å². The Labute approximate surface area is 133 Å². The average Bonchev–Trinajstić information content (AvgIpc) is 2.98. The maximum Gasteiger partial charge on any atom is 0.250 e. The zero-order valence-electron chi connectivity index (χ0n) is 12.6. The Morgan fingerprint density at radius 2 is 2.17 bits per heavy atom. The highest BCUT2D eigenvalue weighted by atomic mass is 16.5. The number of hydrogen-bond donors (Lipinski definition) is 2. The number of H-pyrrole nitrogens is 1. The molecule has 3 N–H and O–H groups in total. The van der Waals surface area contributed by atoms with Gasteiger partial charge in [-0.3, -0.25) is 9.59 Å². The van der Waals surface area contributed by atoms with Crippen molar-refractivity contribution in [2.75, 3.05) is 13.1 Å². The van der Waals surface area contributed by atoms with Gasteiger partial charge in [-0.05, 0) is 12.1 Å². The molecule has 0 bridgehead atoms. The molecule has 0 spiro atoms. The fraction of sp³-hybridized carbons (Fsp3) is 0.312. The highest BCUT2D eigenvalue weighted by Gasteiger charge is 2.23. The van der Waals surface area contributed by atoms with Crippen molar-refractivity contribution in [2.24, 2.45) is 5.73 Å². The van der Waals surface area contributed by atoms with Gasteiger partial charge in [-0.1, -0.05) is 6.58 Å². The van der Waals surface area contributed by atoms with Crippen LogP contribution in [-0.4, -0.2) is 45.9 Å². The lowest BCUT2D eigenvalue weighted by molar-refractivity contribution is -0.127. The van der Waals surface area contributed by atoms with E-state index in [9.17, 15) is 9.59 Å². The molecular formula is C16H18N4O3. The van der Waals surface area contributed by atoms with Crippen molar-refractivity contribution in [3.8, 4) is 5.75 Å². The summed E-state index contributed by atoms with van der Waals surface area (Å²) < 4.78 is 5.94. The minimum absolute atomic E-state index is 0.0130. The van der Waals surface area contributed by atoms with Gasteiger partial charge in [0.1, 0.15) is 17.5 Å². The van der Waals surface area contributed by atoms with Gasteiger partial charge in [-0.15, -0.1) is 0 Å². The molecule has 0 aliphatic carbocycles. The van der Waals surface area contributed by atoms with E-state index in [1.807, 2.05) is 0 Å². The lowest BCUT2D eigenvalue weighted by atomic mass is 10.1. The summed E-state index contributed by atoms with van der Waals surface area (Å²) in [5, 5.41) is 0.647. The smallest absolute Gasteiger partial charge is 0.250 e. The highest BCUT2D eigenvalue weighted by Crippen LogP contribution is 2.24. The first kappa shape index (κ1) is 15.1. The van der Waals surface area contributed by atoms with Gasteiger partial charge in [0.15, 0.2) is 0 Å². The van der Waals surface area contributed by atoms with Crippen LogP contribution in [0.4, 0.5) is 0 Å². The molecule has 1 aliphatic heterocycles. The summed E-state index contributed by atoms with van der Waals surface area (Å²) in [5.41, 5.74) is 6.33. The fourth-order valence-corrected chi connectivity index (χ4v) is 2.77. The minimum Gasteiger partial charge on any atom is -0.489 e. The number of aromatic amines is 1. The van der Waals surface area contributed by atoms with E-state index >= 15 is 0 Å². The molecule has 2 aromatic rings. The number of primary amides is 1. The van der Waals surface area contributed by atoms with Gasteiger partial charge in [-0.2, -0.15) is 0 Å². The van der Waals surface area contributed by atoms with Gasteiger partial charge >= 0.3 is 0 Å². The number of pyridine rings is 1. The van der Waals surface area contributed by atoms with Crippen LogP contribution in [-0.2, 0) is 4.79 Å². The number of carbonyl (C=O) groups is 2. The first-order chi connectivity index (χ1) is 11.1. The molecule has 0 unspecified atom stereocenters. The summed E-state index contributed by atoms with van der Waals surface area (Å²) >= 11 is 0. The predicted octanol–water partition coefficient (Wildman–Crippen LogP) is 1.22. The Morgan fingerprint density at radius 1 is 1.43 bits per heavy atom. The van der Waals surface area contributed by atoms with Crippen LogP contribution >= 0.6 is 0 Å². The van der Waals surface area contributed by atoms with Crippen molar-refractivity contribution in [1.29, 1.82) is 0 Å². The number of nitrogens with one attached hydrogen (secondary N) is 1. The van der Waals surface area contributed by atoms with Crippen molar-refractivity contribution in [3.63, 3.8) is 0 Å². The molecule has 7 heteroatoms. The van der Waals surface area contributed by atoms with Gasteiger partial charge in [0.2, 0.25) is 5.91 Å². The fourth-order valence-electron chi connectivity index (χ4n) is 2.77. The van der Waals surface area contributed by atoms with Crippen LogP contribution in [0.5, 0.6) is 5.75 Å². The summed E-state index contributed by atoms with van der Waals surface area (Å²) in [6.07, 6.45) is 5.99. The zero-order valence-corrected chi connectivity index (χ0v) is 12.6. The molecule has 7 nitrogen and oxygen atoms in total. The third-order valence-corrected chi connectivity index (χ3v) is 4.00. The number of carbonyl (C=O) groups excluding carboxylic acids is 2. The Hall–Kier alpha value is -2.83. The van der Waals surface area contributed by atoms with E-state index in [0.717, 1.165) is 12.8 Å². The van der Waals surface area contributed by atoms with E-state index in [4.69, 9.17) is 10.5 Å². The van der Waals surface area contributed by atoms with Crippen molar-refractivity contribution < 1.29 is 14.3 Å². The molecule has 2 aromatic heterocycles. The molecule has 1 fully saturated rings. The average molecular weight is 314 g/mol. The van der Waals surface area contributed by atoms with E-state index in [0.29, 0.717) is 35.4 Å². The van der Waals surface area contributed by atoms with Gasteiger partial charge in [-0.25, -0.2) is 4.98 Å². The number of fused-ring (bicyclic) bond motifs is 1. The second kappa shape index (κ2) is 6.12. The van der Waals surface area contributed by atoms with E-state index in [1.54, 1.807) is 23.4 Å². The Bertz CT molecular complexity index is 760. The summed E-state index contributed by atoms with van der Waals surface area (Å²) in [7, 11) is 0. The number of rotatable bonds is 4. The quantitative estimate of drug-likeness (QED) is 0.828. The lowest BCUT2D eigenvalue weighted by Crippen LogP contribution is -2.41. The van der Waals surface area contributed by atoms with Crippen molar-refractivity contribution in [2.45, 2.75) is 18.9 Å². The standard InChI is InChI=1S/C16H18N4O3/c1-2-14(21)20-5-3-10(4-6-20)23-11-7-12-13(15(17)22)9-19-16(12)18-8-11/h2,7-10H,1,3-6H2,(H2,17,22)(H,18,19). The molecule has 0 radical (unpaired) electrons. The highest BCUT2D eigenvalue weighted by molar-refractivity contribution is 6.05. The monoisotopic (exact) mass is 314 g/mol. The largest absolute Gasteiger partial charge is 0.489 e. The van der Waals surface area contributed by atoms with Crippen LogP contribution in [0.15, 0.2) is 31.1 Å². The van der Waals surface area contributed by atoms with Crippen LogP contribution in [0.1, 0.15) is 23.2 Å². The second-order valence-corrected chi connectivity index (χ2v) is 5.48. The molecule has 0 saturated carbocycles. The van der Waals surface area contributed by atoms with Gasteiger partial charge in [0.25, 0.3) is 5.91 Å². The van der Waals surface area contributed by atoms with Crippen LogP contribution in [0.3, 0.4) is 0 Å². The van der Waals surface area contributed by atoms with Crippen LogP contribution < -0.4 is 10.5 Å². The maximum absolute atomic E-state index is 11.6. The number of piperidine rings is 1. The van der Waals surface area contributed by atoms with E-state index < -0.39 is 5.91 Å². The zero-order chi connectivity index (χ0) is 16.4. The molecule has 120 valence electrons. The topological polar surface area (TPSA) is 101 Å². The number of nitrogens with two attached hydrogens (primary N) is 1. The number of amides is 2. The molecule has 23 heavy (non-hydrogen) atoms. The number of likely N-dealkylation sites (tertiary alicyclic amines) is 1. The van der Waals surface area contributed by atoms with Crippen LogP contribution in [0.25, 0.3) is 11.0 Å². The van der Waals surface area contributed by atoms with E-state index in [1.165, 1.54) is 6.08 Å². The first-order valence-electron chi connectivity index (χ1n) is 7.43. The summed E-state index contributed by atoms with van der Waals surface area (Å²) in [6, 6.07) is 1.76. The van der Waals surface area contributed by atoms with Gasteiger partial charge in [0.05, 0.1) is 11.8 Å². The third kappa shape index (κ3) is 3.03.